The highest BCUT2D eigenvalue weighted by Crippen LogP contribution is 2.02. The van der Waals surface area contributed by atoms with Crippen molar-refractivity contribution in [1.82, 2.24) is 9.88 Å². The molecule has 0 aliphatic rings. The molecular formula is C13H20N2O2. The fourth-order valence-corrected chi connectivity index (χ4v) is 1.54. The van der Waals surface area contributed by atoms with Crippen LogP contribution in [0.1, 0.15) is 25.2 Å². The van der Waals surface area contributed by atoms with Crippen LogP contribution in [-0.2, 0) is 16.1 Å². The molecule has 1 rings (SSSR count). The lowest BCUT2D eigenvalue weighted by molar-refractivity contribution is -0.148. The molecule has 0 saturated carbocycles. The van der Waals surface area contributed by atoms with Crippen LogP contribution in [0.2, 0.25) is 0 Å². The summed E-state index contributed by atoms with van der Waals surface area (Å²) in [6.07, 6.45) is -0.0620. The molecular weight excluding hydrogens is 216 g/mol. The Hall–Kier alpha value is -1.42. The summed E-state index contributed by atoms with van der Waals surface area (Å²) in [6.45, 7) is 6.58. The van der Waals surface area contributed by atoms with Gasteiger partial charge in [-0.3, -0.25) is 14.7 Å². The third kappa shape index (κ3) is 5.45. The SMILES string of the molecule is Cc1cccc(CN(C)CC(=O)OC(C)C)n1. The predicted octanol–water partition coefficient (Wildman–Crippen LogP) is 1.77. The van der Waals surface area contributed by atoms with Gasteiger partial charge < -0.3 is 4.74 Å². The maximum Gasteiger partial charge on any atom is 0.320 e. The lowest BCUT2D eigenvalue weighted by Crippen LogP contribution is -2.28. The van der Waals surface area contributed by atoms with Gasteiger partial charge >= 0.3 is 5.97 Å². The molecule has 0 spiro atoms. The van der Waals surface area contributed by atoms with E-state index in [2.05, 4.69) is 4.98 Å². The number of ether oxygens (including phenoxy) is 1. The lowest BCUT2D eigenvalue weighted by atomic mass is 10.3. The quantitative estimate of drug-likeness (QED) is 0.731. The van der Waals surface area contributed by atoms with E-state index in [4.69, 9.17) is 4.74 Å². The van der Waals surface area contributed by atoms with E-state index in [0.29, 0.717) is 6.54 Å². The van der Waals surface area contributed by atoms with E-state index < -0.39 is 0 Å². The Balaban J connectivity index is 2.44. The largest absolute Gasteiger partial charge is 0.462 e. The molecule has 0 N–H and O–H groups in total. The van der Waals surface area contributed by atoms with Gasteiger partial charge in [-0.25, -0.2) is 0 Å². The van der Waals surface area contributed by atoms with E-state index in [0.717, 1.165) is 11.4 Å². The highest BCUT2D eigenvalue weighted by molar-refractivity contribution is 5.71. The number of aryl methyl sites for hydroxylation is 1. The van der Waals surface area contributed by atoms with Crippen molar-refractivity contribution in [3.05, 3.63) is 29.6 Å². The van der Waals surface area contributed by atoms with Crippen LogP contribution in [0.3, 0.4) is 0 Å². The van der Waals surface area contributed by atoms with Crippen molar-refractivity contribution < 1.29 is 9.53 Å². The van der Waals surface area contributed by atoms with Crippen molar-refractivity contribution >= 4 is 5.97 Å². The molecule has 0 amide bonds. The number of hydrogen-bond donors (Lipinski definition) is 0. The number of carbonyl (C=O) groups is 1. The molecule has 0 fully saturated rings. The molecule has 94 valence electrons. The van der Waals surface area contributed by atoms with Crippen molar-refractivity contribution in [2.75, 3.05) is 13.6 Å². The minimum atomic E-state index is -0.199. The van der Waals surface area contributed by atoms with Crippen molar-refractivity contribution in [1.29, 1.82) is 0 Å². The van der Waals surface area contributed by atoms with Gasteiger partial charge in [0.15, 0.2) is 0 Å². The maximum absolute atomic E-state index is 11.4. The summed E-state index contributed by atoms with van der Waals surface area (Å²) in [4.78, 5) is 17.7. The summed E-state index contributed by atoms with van der Waals surface area (Å²) in [5.41, 5.74) is 1.95. The van der Waals surface area contributed by atoms with Gasteiger partial charge in [-0.1, -0.05) is 6.07 Å². The molecule has 0 aliphatic carbocycles. The fraction of sp³-hybridized carbons (Fsp3) is 0.538. The molecule has 0 saturated heterocycles. The average molecular weight is 236 g/mol. The third-order valence-electron chi connectivity index (χ3n) is 2.14. The second-order valence-corrected chi connectivity index (χ2v) is 4.48. The van der Waals surface area contributed by atoms with Gasteiger partial charge in [-0.15, -0.1) is 0 Å². The lowest BCUT2D eigenvalue weighted by Gasteiger charge is -2.16. The van der Waals surface area contributed by atoms with Gasteiger partial charge in [0.25, 0.3) is 0 Å². The van der Waals surface area contributed by atoms with Gasteiger partial charge in [0.1, 0.15) is 0 Å². The van der Waals surface area contributed by atoms with Crippen LogP contribution in [-0.4, -0.2) is 35.5 Å². The summed E-state index contributed by atoms with van der Waals surface area (Å²) in [5, 5.41) is 0. The number of likely N-dealkylation sites (N-methyl/N-ethyl adjacent to an activating group) is 1. The predicted molar refractivity (Wildman–Crippen MR) is 66.5 cm³/mol. The zero-order valence-electron chi connectivity index (χ0n) is 10.9. The van der Waals surface area contributed by atoms with E-state index in [1.807, 2.05) is 50.9 Å². The first-order chi connectivity index (χ1) is 7.97. The number of aromatic nitrogens is 1. The van der Waals surface area contributed by atoms with Crippen LogP contribution in [0.5, 0.6) is 0 Å². The molecule has 4 heteroatoms. The van der Waals surface area contributed by atoms with E-state index in [1.165, 1.54) is 0 Å². The van der Waals surface area contributed by atoms with Crippen molar-refractivity contribution in [2.45, 2.75) is 33.4 Å². The second kappa shape index (κ2) is 6.35. The smallest absolute Gasteiger partial charge is 0.320 e. The Morgan fingerprint density at radius 3 is 2.76 bits per heavy atom. The number of hydrogen-bond acceptors (Lipinski definition) is 4. The molecule has 4 nitrogen and oxygen atoms in total. The third-order valence-corrected chi connectivity index (χ3v) is 2.14. The molecule has 0 radical (unpaired) electrons. The van der Waals surface area contributed by atoms with E-state index in [-0.39, 0.29) is 18.6 Å². The zero-order valence-corrected chi connectivity index (χ0v) is 10.9. The topological polar surface area (TPSA) is 42.4 Å². The van der Waals surface area contributed by atoms with Gasteiger partial charge in [0.2, 0.25) is 0 Å². The number of esters is 1. The van der Waals surface area contributed by atoms with Crippen molar-refractivity contribution in [3.8, 4) is 0 Å². The number of rotatable bonds is 5. The molecule has 1 heterocycles. The van der Waals surface area contributed by atoms with Crippen LogP contribution in [0.25, 0.3) is 0 Å². The number of carbonyl (C=O) groups excluding carboxylic acids is 1. The summed E-state index contributed by atoms with van der Waals surface area (Å²) in [5.74, 6) is -0.199. The Kier molecular flexibility index (Phi) is 5.10. The molecule has 0 atom stereocenters. The van der Waals surface area contributed by atoms with Crippen LogP contribution < -0.4 is 0 Å². The minimum absolute atomic E-state index is 0.0620. The van der Waals surface area contributed by atoms with Crippen LogP contribution >= 0.6 is 0 Å². The second-order valence-electron chi connectivity index (χ2n) is 4.48. The summed E-state index contributed by atoms with van der Waals surface area (Å²) in [7, 11) is 1.88. The summed E-state index contributed by atoms with van der Waals surface area (Å²) < 4.78 is 5.08. The standard InChI is InChI=1S/C13H20N2O2/c1-10(2)17-13(16)9-15(4)8-12-7-5-6-11(3)14-12/h5-7,10H,8-9H2,1-4H3. The van der Waals surface area contributed by atoms with E-state index in [9.17, 15) is 4.79 Å². The Bertz CT molecular complexity index is 377. The van der Waals surface area contributed by atoms with Crippen LogP contribution in [0.4, 0.5) is 0 Å². The molecule has 1 aromatic rings. The number of pyridine rings is 1. The Morgan fingerprint density at radius 2 is 2.18 bits per heavy atom. The van der Waals surface area contributed by atoms with Gasteiger partial charge in [-0.2, -0.15) is 0 Å². The molecule has 0 unspecified atom stereocenters. The average Bonchev–Trinajstić information content (AvgIpc) is 2.14. The maximum atomic E-state index is 11.4. The van der Waals surface area contributed by atoms with Crippen molar-refractivity contribution in [2.24, 2.45) is 0 Å². The van der Waals surface area contributed by atoms with E-state index >= 15 is 0 Å². The first-order valence-electron chi connectivity index (χ1n) is 5.78. The molecule has 17 heavy (non-hydrogen) atoms. The monoisotopic (exact) mass is 236 g/mol. The van der Waals surface area contributed by atoms with Crippen LogP contribution in [0, 0.1) is 6.92 Å². The van der Waals surface area contributed by atoms with Gasteiger partial charge in [0.05, 0.1) is 18.3 Å². The molecule has 0 aliphatic heterocycles. The van der Waals surface area contributed by atoms with E-state index in [1.54, 1.807) is 0 Å². The molecule has 0 bridgehead atoms. The summed E-state index contributed by atoms with van der Waals surface area (Å²) >= 11 is 0. The van der Waals surface area contributed by atoms with Crippen molar-refractivity contribution in [3.63, 3.8) is 0 Å². The first-order valence-corrected chi connectivity index (χ1v) is 5.78. The first kappa shape index (κ1) is 13.6. The molecule has 0 aromatic carbocycles. The highest BCUT2D eigenvalue weighted by atomic mass is 16.5. The van der Waals surface area contributed by atoms with Crippen LogP contribution in [0.15, 0.2) is 18.2 Å². The Morgan fingerprint density at radius 1 is 1.47 bits per heavy atom. The fourth-order valence-electron chi connectivity index (χ4n) is 1.54. The van der Waals surface area contributed by atoms with Gasteiger partial charge in [-0.05, 0) is 40.0 Å². The number of nitrogens with zero attached hydrogens (tertiary/aromatic N) is 2. The minimum Gasteiger partial charge on any atom is -0.462 e. The highest BCUT2D eigenvalue weighted by Gasteiger charge is 2.10. The normalized spacial score (nSPS) is 10.9. The summed E-state index contributed by atoms with van der Waals surface area (Å²) in [6, 6.07) is 5.88. The molecule has 1 aromatic heterocycles. The zero-order chi connectivity index (χ0) is 12.8. The Labute approximate surface area is 103 Å². The van der Waals surface area contributed by atoms with Gasteiger partial charge in [0, 0.05) is 12.2 Å².